The molecule has 0 saturated heterocycles. The van der Waals surface area contributed by atoms with E-state index in [2.05, 4.69) is 5.32 Å². The van der Waals surface area contributed by atoms with Gasteiger partial charge in [-0.2, -0.15) is 0 Å². The molecule has 138 valence electrons. The summed E-state index contributed by atoms with van der Waals surface area (Å²) in [5, 5.41) is 3.00. The van der Waals surface area contributed by atoms with Crippen molar-refractivity contribution >= 4 is 5.91 Å². The van der Waals surface area contributed by atoms with E-state index in [-0.39, 0.29) is 24.2 Å². The number of rotatable bonds is 5. The van der Waals surface area contributed by atoms with Crippen molar-refractivity contribution in [3.05, 3.63) is 54.1 Å². The lowest BCUT2D eigenvalue weighted by atomic mass is 10.1. The number of para-hydroxylation sites is 2. The molecule has 1 N–H and O–H groups in total. The van der Waals surface area contributed by atoms with Crippen molar-refractivity contribution in [2.75, 3.05) is 0 Å². The molecule has 0 bridgehead atoms. The van der Waals surface area contributed by atoms with Crippen LogP contribution in [0, 0.1) is 0 Å². The number of hydrogen-bond donors (Lipinski definition) is 1. The normalized spacial score (nSPS) is 19.7. The number of ether oxygens (including phenoxy) is 3. The van der Waals surface area contributed by atoms with Crippen molar-refractivity contribution in [1.82, 2.24) is 5.32 Å². The van der Waals surface area contributed by atoms with Gasteiger partial charge in [-0.1, -0.05) is 24.3 Å². The van der Waals surface area contributed by atoms with E-state index in [9.17, 15) is 4.79 Å². The lowest BCUT2D eigenvalue weighted by Crippen LogP contribution is -2.49. The zero-order valence-corrected chi connectivity index (χ0v) is 15.6. The Labute approximate surface area is 154 Å². The number of carbonyl (C=O) groups is 1. The molecular formula is C21H25NO4. The summed E-state index contributed by atoms with van der Waals surface area (Å²) >= 11 is 0. The highest BCUT2D eigenvalue weighted by Gasteiger charge is 2.34. The molecule has 5 nitrogen and oxygen atoms in total. The van der Waals surface area contributed by atoms with Gasteiger partial charge in [-0.15, -0.1) is 0 Å². The molecule has 26 heavy (non-hydrogen) atoms. The Hall–Kier alpha value is -2.69. The fourth-order valence-electron chi connectivity index (χ4n) is 2.89. The quantitative estimate of drug-likeness (QED) is 0.884. The van der Waals surface area contributed by atoms with Gasteiger partial charge in [0.05, 0.1) is 12.1 Å². The molecule has 1 aliphatic heterocycles. The summed E-state index contributed by atoms with van der Waals surface area (Å²) in [6.07, 6.45) is -0.916. The Morgan fingerprint density at radius 2 is 1.62 bits per heavy atom. The summed E-state index contributed by atoms with van der Waals surface area (Å²) in [6.45, 7) is 7.76. The highest BCUT2D eigenvalue weighted by atomic mass is 16.6. The summed E-state index contributed by atoms with van der Waals surface area (Å²) < 4.78 is 17.3. The van der Waals surface area contributed by atoms with E-state index in [1.165, 1.54) is 0 Å². The van der Waals surface area contributed by atoms with E-state index in [0.717, 1.165) is 11.3 Å². The molecule has 3 rings (SSSR count). The zero-order chi connectivity index (χ0) is 18.7. The molecule has 3 unspecified atom stereocenters. The third-order valence-corrected chi connectivity index (χ3v) is 4.21. The van der Waals surface area contributed by atoms with Gasteiger partial charge in [0, 0.05) is 0 Å². The first-order chi connectivity index (χ1) is 12.4. The highest BCUT2D eigenvalue weighted by molar-refractivity contribution is 5.82. The van der Waals surface area contributed by atoms with Crippen LogP contribution in [0.5, 0.6) is 17.2 Å². The Morgan fingerprint density at radius 3 is 2.23 bits per heavy atom. The van der Waals surface area contributed by atoms with Gasteiger partial charge in [0.2, 0.25) is 6.10 Å². The first-order valence-electron chi connectivity index (χ1n) is 8.93. The van der Waals surface area contributed by atoms with Gasteiger partial charge >= 0.3 is 0 Å². The molecular weight excluding hydrogens is 330 g/mol. The van der Waals surface area contributed by atoms with Gasteiger partial charge in [0.1, 0.15) is 11.9 Å². The van der Waals surface area contributed by atoms with Gasteiger partial charge < -0.3 is 19.5 Å². The lowest BCUT2D eigenvalue weighted by molar-refractivity contribution is -0.134. The summed E-state index contributed by atoms with van der Waals surface area (Å²) in [6, 6.07) is 15.0. The van der Waals surface area contributed by atoms with Crippen molar-refractivity contribution in [3.63, 3.8) is 0 Å². The van der Waals surface area contributed by atoms with Crippen LogP contribution in [0.2, 0.25) is 0 Å². The third kappa shape index (κ3) is 4.10. The Bertz CT molecular complexity index is 757. The summed E-state index contributed by atoms with van der Waals surface area (Å²) in [5.74, 6) is 1.88. The lowest BCUT2D eigenvalue weighted by Gasteiger charge is -2.31. The molecule has 0 saturated carbocycles. The smallest absolute Gasteiger partial charge is 0.265 e. The fraction of sp³-hybridized carbons (Fsp3) is 0.381. The monoisotopic (exact) mass is 355 g/mol. The number of benzene rings is 2. The molecule has 0 radical (unpaired) electrons. The van der Waals surface area contributed by atoms with Crippen LogP contribution < -0.4 is 19.5 Å². The number of amides is 1. The predicted molar refractivity (Wildman–Crippen MR) is 99.7 cm³/mol. The predicted octanol–water partition coefficient (Wildman–Crippen LogP) is 3.88. The second-order valence-electron chi connectivity index (χ2n) is 6.77. The standard InChI is InChI=1S/C21H25NO4/c1-13(2)24-17-11-9-16(10-12-17)14(3)22-21(23)20-15(4)25-18-7-5-6-8-19(18)26-20/h5-15,20H,1-4H3,(H,22,23). The minimum atomic E-state index is -0.684. The van der Waals surface area contributed by atoms with Crippen LogP contribution in [0.15, 0.2) is 48.5 Å². The fourth-order valence-corrected chi connectivity index (χ4v) is 2.89. The van der Waals surface area contributed by atoms with Crippen LogP contribution in [0.4, 0.5) is 0 Å². The van der Waals surface area contributed by atoms with Crippen LogP contribution in [0.1, 0.15) is 39.3 Å². The Morgan fingerprint density at radius 1 is 1.00 bits per heavy atom. The third-order valence-electron chi connectivity index (χ3n) is 4.21. The maximum atomic E-state index is 12.7. The van der Waals surface area contributed by atoms with Crippen LogP contribution in [-0.2, 0) is 4.79 Å². The molecule has 0 spiro atoms. The first kappa shape index (κ1) is 18.1. The summed E-state index contributed by atoms with van der Waals surface area (Å²) in [7, 11) is 0. The van der Waals surface area contributed by atoms with Gasteiger partial charge in [0.15, 0.2) is 11.5 Å². The molecule has 1 aliphatic rings. The first-order valence-corrected chi connectivity index (χ1v) is 8.93. The van der Waals surface area contributed by atoms with Crippen molar-refractivity contribution < 1.29 is 19.0 Å². The van der Waals surface area contributed by atoms with E-state index >= 15 is 0 Å². The Kier molecular flexibility index (Phi) is 5.35. The van der Waals surface area contributed by atoms with Gasteiger partial charge in [0.25, 0.3) is 5.91 Å². The molecule has 2 aromatic rings. The average molecular weight is 355 g/mol. The summed E-state index contributed by atoms with van der Waals surface area (Å²) in [4.78, 5) is 12.7. The molecule has 0 aromatic heterocycles. The second-order valence-corrected chi connectivity index (χ2v) is 6.77. The van der Waals surface area contributed by atoms with Gasteiger partial charge in [-0.3, -0.25) is 4.79 Å². The average Bonchev–Trinajstić information content (AvgIpc) is 2.61. The van der Waals surface area contributed by atoms with Crippen molar-refractivity contribution in [3.8, 4) is 17.2 Å². The van der Waals surface area contributed by atoms with Crippen molar-refractivity contribution in [2.45, 2.75) is 52.0 Å². The SMILES string of the molecule is CC(C)Oc1ccc(C(C)NC(=O)C2Oc3ccccc3OC2C)cc1. The van der Waals surface area contributed by atoms with E-state index in [4.69, 9.17) is 14.2 Å². The molecule has 3 atom stereocenters. The van der Waals surface area contributed by atoms with E-state index in [1.54, 1.807) is 6.07 Å². The van der Waals surface area contributed by atoms with Gasteiger partial charge in [-0.25, -0.2) is 0 Å². The topological polar surface area (TPSA) is 56.8 Å². The maximum Gasteiger partial charge on any atom is 0.265 e. The molecule has 2 aromatic carbocycles. The van der Waals surface area contributed by atoms with Crippen LogP contribution in [-0.4, -0.2) is 24.2 Å². The number of carbonyl (C=O) groups excluding carboxylic acids is 1. The largest absolute Gasteiger partial charge is 0.491 e. The Balaban J connectivity index is 1.64. The number of nitrogens with one attached hydrogen (secondary N) is 1. The summed E-state index contributed by atoms with van der Waals surface area (Å²) in [5.41, 5.74) is 0.999. The second kappa shape index (κ2) is 7.68. The van der Waals surface area contributed by atoms with Crippen molar-refractivity contribution in [2.24, 2.45) is 0 Å². The molecule has 0 fully saturated rings. The van der Waals surface area contributed by atoms with E-state index < -0.39 is 6.10 Å². The molecule has 1 amide bonds. The van der Waals surface area contributed by atoms with Gasteiger partial charge in [-0.05, 0) is 57.5 Å². The molecule has 0 aliphatic carbocycles. The van der Waals surface area contributed by atoms with Crippen LogP contribution >= 0.6 is 0 Å². The minimum absolute atomic E-state index is 0.130. The van der Waals surface area contributed by atoms with E-state index in [1.807, 2.05) is 70.2 Å². The molecule has 5 heteroatoms. The van der Waals surface area contributed by atoms with Crippen LogP contribution in [0.3, 0.4) is 0 Å². The zero-order valence-electron chi connectivity index (χ0n) is 15.6. The minimum Gasteiger partial charge on any atom is -0.491 e. The molecule has 1 heterocycles. The van der Waals surface area contributed by atoms with Crippen molar-refractivity contribution in [1.29, 1.82) is 0 Å². The van der Waals surface area contributed by atoms with E-state index in [0.29, 0.717) is 11.5 Å². The number of hydrogen-bond acceptors (Lipinski definition) is 4. The highest BCUT2D eigenvalue weighted by Crippen LogP contribution is 2.33. The maximum absolute atomic E-state index is 12.7. The van der Waals surface area contributed by atoms with Crippen LogP contribution in [0.25, 0.3) is 0 Å². The number of fused-ring (bicyclic) bond motifs is 1.